The summed E-state index contributed by atoms with van der Waals surface area (Å²) in [7, 11) is 0. The minimum Gasteiger partial charge on any atom is -0.368 e. The highest BCUT2D eigenvalue weighted by molar-refractivity contribution is 5.82. The van der Waals surface area contributed by atoms with E-state index in [0.717, 1.165) is 5.56 Å². The fourth-order valence-corrected chi connectivity index (χ4v) is 1.73. The summed E-state index contributed by atoms with van der Waals surface area (Å²) in [6.07, 6.45) is 0. The van der Waals surface area contributed by atoms with Gasteiger partial charge in [-0.1, -0.05) is 44.2 Å². The van der Waals surface area contributed by atoms with Crippen LogP contribution in [0.3, 0.4) is 0 Å². The van der Waals surface area contributed by atoms with Crippen LogP contribution >= 0.6 is 0 Å². The minimum atomic E-state index is -0.504. The zero-order valence-corrected chi connectivity index (χ0v) is 11.4. The second kappa shape index (κ2) is 7.41. The van der Waals surface area contributed by atoms with Gasteiger partial charge in [-0.25, -0.2) is 4.79 Å². The summed E-state index contributed by atoms with van der Waals surface area (Å²) in [6, 6.07) is 9.34. The summed E-state index contributed by atoms with van der Waals surface area (Å²) in [5.74, 6) is -0.225. The molecule has 0 unspecified atom stereocenters. The molecule has 5 heteroatoms. The molecule has 0 aromatic heterocycles. The van der Waals surface area contributed by atoms with Crippen LogP contribution in [0.2, 0.25) is 0 Å². The van der Waals surface area contributed by atoms with E-state index in [0.29, 0.717) is 13.1 Å². The molecule has 0 saturated carbocycles. The molecule has 5 nitrogen and oxygen atoms in total. The SMILES string of the molecule is CC(C)CN(CC(N)=O)C(=O)NCc1ccccc1. The fraction of sp³-hybridized carbons (Fsp3) is 0.429. The van der Waals surface area contributed by atoms with E-state index in [4.69, 9.17) is 5.73 Å². The lowest BCUT2D eigenvalue weighted by molar-refractivity contribution is -0.118. The van der Waals surface area contributed by atoms with E-state index < -0.39 is 5.91 Å². The quantitative estimate of drug-likeness (QED) is 0.812. The van der Waals surface area contributed by atoms with Crippen molar-refractivity contribution in [2.24, 2.45) is 11.7 Å². The molecule has 0 aliphatic carbocycles. The number of benzene rings is 1. The van der Waals surface area contributed by atoms with E-state index in [1.807, 2.05) is 44.2 Å². The second-order valence-electron chi connectivity index (χ2n) is 4.88. The van der Waals surface area contributed by atoms with Crippen molar-refractivity contribution in [2.45, 2.75) is 20.4 Å². The van der Waals surface area contributed by atoms with E-state index >= 15 is 0 Å². The largest absolute Gasteiger partial charge is 0.368 e. The lowest BCUT2D eigenvalue weighted by Crippen LogP contribution is -2.45. The van der Waals surface area contributed by atoms with Gasteiger partial charge in [-0.2, -0.15) is 0 Å². The maximum absolute atomic E-state index is 12.0. The van der Waals surface area contributed by atoms with Gasteiger partial charge in [0.25, 0.3) is 0 Å². The Hall–Kier alpha value is -2.04. The summed E-state index contributed by atoms with van der Waals surface area (Å²) >= 11 is 0. The summed E-state index contributed by atoms with van der Waals surface area (Å²) < 4.78 is 0. The Balaban J connectivity index is 2.54. The molecule has 0 heterocycles. The number of hydrogen-bond acceptors (Lipinski definition) is 2. The zero-order chi connectivity index (χ0) is 14.3. The molecule has 1 aromatic rings. The van der Waals surface area contributed by atoms with Crippen LogP contribution in [0.1, 0.15) is 19.4 Å². The molecule has 19 heavy (non-hydrogen) atoms. The summed E-state index contributed by atoms with van der Waals surface area (Å²) in [4.78, 5) is 24.4. The average Bonchev–Trinajstić information content (AvgIpc) is 2.35. The molecule has 3 N–H and O–H groups in total. The van der Waals surface area contributed by atoms with Crippen LogP contribution in [0.4, 0.5) is 4.79 Å². The zero-order valence-electron chi connectivity index (χ0n) is 11.4. The number of nitrogens with two attached hydrogens (primary N) is 1. The van der Waals surface area contributed by atoms with Gasteiger partial charge >= 0.3 is 6.03 Å². The molecule has 1 rings (SSSR count). The van der Waals surface area contributed by atoms with Crippen molar-refractivity contribution in [3.8, 4) is 0 Å². The molecule has 0 radical (unpaired) electrons. The van der Waals surface area contributed by atoms with Gasteiger partial charge in [-0.3, -0.25) is 4.79 Å². The number of rotatable bonds is 6. The van der Waals surface area contributed by atoms with Crippen LogP contribution in [-0.2, 0) is 11.3 Å². The first-order chi connectivity index (χ1) is 8.99. The number of amides is 3. The van der Waals surface area contributed by atoms with E-state index in [1.165, 1.54) is 4.90 Å². The molecular weight excluding hydrogens is 242 g/mol. The third-order valence-corrected chi connectivity index (χ3v) is 2.51. The summed E-state index contributed by atoms with van der Waals surface area (Å²) in [5.41, 5.74) is 6.17. The molecule has 0 bridgehead atoms. The highest BCUT2D eigenvalue weighted by Crippen LogP contribution is 2.01. The van der Waals surface area contributed by atoms with Crippen LogP contribution in [0.5, 0.6) is 0 Å². The predicted octanol–water partition coefficient (Wildman–Crippen LogP) is 1.34. The number of carbonyl (C=O) groups is 2. The Morgan fingerprint density at radius 3 is 2.42 bits per heavy atom. The van der Waals surface area contributed by atoms with Crippen molar-refractivity contribution in [3.63, 3.8) is 0 Å². The number of hydrogen-bond donors (Lipinski definition) is 2. The highest BCUT2D eigenvalue weighted by atomic mass is 16.2. The van der Waals surface area contributed by atoms with Crippen molar-refractivity contribution in [3.05, 3.63) is 35.9 Å². The molecule has 0 fully saturated rings. The number of primary amides is 1. The minimum absolute atomic E-state index is 0.0567. The van der Waals surface area contributed by atoms with Crippen LogP contribution < -0.4 is 11.1 Å². The topological polar surface area (TPSA) is 75.4 Å². The van der Waals surface area contributed by atoms with Crippen molar-refractivity contribution in [2.75, 3.05) is 13.1 Å². The van der Waals surface area contributed by atoms with Gasteiger partial charge in [0.05, 0.1) is 0 Å². The van der Waals surface area contributed by atoms with Crippen LogP contribution in [-0.4, -0.2) is 29.9 Å². The lowest BCUT2D eigenvalue weighted by atomic mass is 10.2. The molecule has 1 aromatic carbocycles. The van der Waals surface area contributed by atoms with Crippen LogP contribution in [0, 0.1) is 5.92 Å². The predicted molar refractivity (Wildman–Crippen MR) is 74.3 cm³/mol. The van der Waals surface area contributed by atoms with E-state index in [-0.39, 0.29) is 18.5 Å². The first kappa shape index (κ1) is 15.0. The third-order valence-electron chi connectivity index (χ3n) is 2.51. The highest BCUT2D eigenvalue weighted by Gasteiger charge is 2.16. The van der Waals surface area contributed by atoms with Crippen molar-refractivity contribution in [1.82, 2.24) is 10.2 Å². The number of carbonyl (C=O) groups excluding carboxylic acids is 2. The Morgan fingerprint density at radius 1 is 1.26 bits per heavy atom. The van der Waals surface area contributed by atoms with Crippen molar-refractivity contribution < 1.29 is 9.59 Å². The lowest BCUT2D eigenvalue weighted by Gasteiger charge is -2.23. The van der Waals surface area contributed by atoms with Crippen LogP contribution in [0.15, 0.2) is 30.3 Å². The van der Waals surface area contributed by atoms with Gasteiger partial charge in [0.15, 0.2) is 0 Å². The Labute approximate surface area is 113 Å². The number of urea groups is 1. The smallest absolute Gasteiger partial charge is 0.318 e. The third kappa shape index (κ3) is 5.90. The van der Waals surface area contributed by atoms with Gasteiger partial charge in [-0.15, -0.1) is 0 Å². The van der Waals surface area contributed by atoms with Gasteiger partial charge in [0, 0.05) is 13.1 Å². The molecule has 3 amide bonds. The fourth-order valence-electron chi connectivity index (χ4n) is 1.73. The average molecular weight is 263 g/mol. The molecule has 0 saturated heterocycles. The summed E-state index contributed by atoms with van der Waals surface area (Å²) in [5, 5.41) is 2.79. The standard InChI is InChI=1S/C14H21N3O2/c1-11(2)9-17(10-13(15)18)14(19)16-8-12-6-4-3-5-7-12/h3-7,11H,8-10H2,1-2H3,(H2,15,18)(H,16,19). The molecule has 0 atom stereocenters. The Kier molecular flexibility index (Phi) is 5.85. The molecule has 0 aliphatic heterocycles. The van der Waals surface area contributed by atoms with Crippen molar-refractivity contribution >= 4 is 11.9 Å². The Bertz CT molecular complexity index is 418. The van der Waals surface area contributed by atoms with Crippen LogP contribution in [0.25, 0.3) is 0 Å². The van der Waals surface area contributed by atoms with Gasteiger partial charge in [0.2, 0.25) is 5.91 Å². The van der Waals surface area contributed by atoms with E-state index in [2.05, 4.69) is 5.32 Å². The first-order valence-corrected chi connectivity index (χ1v) is 6.34. The first-order valence-electron chi connectivity index (χ1n) is 6.34. The maximum atomic E-state index is 12.0. The van der Waals surface area contributed by atoms with E-state index in [9.17, 15) is 9.59 Å². The normalized spacial score (nSPS) is 10.3. The summed E-state index contributed by atoms with van der Waals surface area (Å²) in [6.45, 7) is 4.85. The van der Waals surface area contributed by atoms with Gasteiger partial charge in [-0.05, 0) is 11.5 Å². The maximum Gasteiger partial charge on any atom is 0.318 e. The molecule has 0 aliphatic rings. The number of nitrogens with zero attached hydrogens (tertiary/aromatic N) is 1. The van der Waals surface area contributed by atoms with E-state index in [1.54, 1.807) is 0 Å². The van der Waals surface area contributed by atoms with Gasteiger partial charge in [0.1, 0.15) is 6.54 Å². The monoisotopic (exact) mass is 263 g/mol. The molecular formula is C14H21N3O2. The van der Waals surface area contributed by atoms with Crippen molar-refractivity contribution in [1.29, 1.82) is 0 Å². The molecule has 104 valence electrons. The van der Waals surface area contributed by atoms with Gasteiger partial charge < -0.3 is 16.0 Å². The molecule has 0 spiro atoms. The number of nitrogens with one attached hydrogen (secondary N) is 1. The Morgan fingerprint density at radius 2 is 1.89 bits per heavy atom. The second-order valence-corrected chi connectivity index (χ2v) is 4.88.